The Morgan fingerprint density at radius 1 is 0.684 bits per heavy atom. The molecule has 0 saturated heterocycles. The predicted octanol–water partition coefficient (Wildman–Crippen LogP) is 4.03. The van der Waals surface area contributed by atoms with Gasteiger partial charge < -0.3 is 9.47 Å². The molecule has 0 aliphatic carbocycles. The Morgan fingerprint density at radius 3 is 1.42 bits per heavy atom. The van der Waals surface area contributed by atoms with Gasteiger partial charge in [-0.15, -0.1) is 0 Å². The molecule has 2 nitrogen and oxygen atoms in total. The molecular weight excluding hydrogens is 236 g/mol. The highest BCUT2D eigenvalue weighted by Gasteiger charge is 2.29. The van der Waals surface area contributed by atoms with E-state index < -0.39 is 0 Å². The van der Waals surface area contributed by atoms with Crippen molar-refractivity contribution in [2.45, 2.75) is 19.3 Å². The Kier molecular flexibility index (Phi) is 3.79. The van der Waals surface area contributed by atoms with E-state index in [1.165, 1.54) is 0 Å². The van der Waals surface area contributed by atoms with Gasteiger partial charge in [0.15, 0.2) is 0 Å². The molecular formula is C17H20O2. The normalized spacial score (nSPS) is 11.2. The van der Waals surface area contributed by atoms with Crippen molar-refractivity contribution in [3.8, 4) is 11.5 Å². The number of ether oxygens (including phenoxy) is 2. The van der Waals surface area contributed by atoms with Crippen molar-refractivity contribution in [3.05, 3.63) is 59.7 Å². The topological polar surface area (TPSA) is 18.5 Å². The summed E-state index contributed by atoms with van der Waals surface area (Å²) in [5, 5.41) is 0. The van der Waals surface area contributed by atoms with E-state index in [9.17, 15) is 0 Å². The first-order valence-corrected chi connectivity index (χ1v) is 6.38. The summed E-state index contributed by atoms with van der Waals surface area (Å²) in [6.45, 7) is 4.37. The van der Waals surface area contributed by atoms with Crippen LogP contribution in [0, 0.1) is 0 Å². The van der Waals surface area contributed by atoms with Gasteiger partial charge in [0.1, 0.15) is 11.5 Å². The summed E-state index contributed by atoms with van der Waals surface area (Å²) >= 11 is 0. The lowest BCUT2D eigenvalue weighted by molar-refractivity contribution is 0.388. The number of rotatable bonds is 4. The molecule has 2 rings (SSSR count). The van der Waals surface area contributed by atoms with Crippen LogP contribution in [-0.4, -0.2) is 14.2 Å². The average Bonchev–Trinajstić information content (AvgIpc) is 2.47. The highest BCUT2D eigenvalue weighted by atomic mass is 16.5. The van der Waals surface area contributed by atoms with Crippen molar-refractivity contribution in [2.75, 3.05) is 14.2 Å². The van der Waals surface area contributed by atoms with Crippen molar-refractivity contribution >= 4 is 0 Å². The maximum atomic E-state index is 5.49. The second-order valence-corrected chi connectivity index (χ2v) is 5.03. The standard InChI is InChI=1S/C17H20O2/c1-17(2,13-9-5-7-11-15(13)18-3)14-10-6-8-12-16(14)19-4/h5-12H,1-4H3. The van der Waals surface area contributed by atoms with Crippen molar-refractivity contribution in [1.29, 1.82) is 0 Å². The fourth-order valence-electron chi connectivity index (χ4n) is 2.47. The van der Waals surface area contributed by atoms with Gasteiger partial charge >= 0.3 is 0 Å². The summed E-state index contributed by atoms with van der Waals surface area (Å²) in [5.41, 5.74) is 2.13. The number of benzene rings is 2. The highest BCUT2D eigenvalue weighted by Crippen LogP contribution is 2.40. The molecule has 0 aromatic heterocycles. The quantitative estimate of drug-likeness (QED) is 0.822. The molecule has 0 spiro atoms. The molecule has 0 aliphatic rings. The average molecular weight is 256 g/mol. The molecule has 0 saturated carbocycles. The monoisotopic (exact) mass is 256 g/mol. The zero-order chi connectivity index (χ0) is 13.9. The molecule has 0 radical (unpaired) electrons. The van der Waals surface area contributed by atoms with Gasteiger partial charge in [-0.05, 0) is 12.1 Å². The first-order valence-electron chi connectivity index (χ1n) is 6.38. The van der Waals surface area contributed by atoms with Gasteiger partial charge in [0.25, 0.3) is 0 Å². The summed E-state index contributed by atoms with van der Waals surface area (Å²) in [4.78, 5) is 0. The first kappa shape index (κ1) is 13.5. The summed E-state index contributed by atoms with van der Waals surface area (Å²) in [6.07, 6.45) is 0. The van der Waals surface area contributed by atoms with Crippen LogP contribution in [0.2, 0.25) is 0 Å². The van der Waals surface area contributed by atoms with Crippen LogP contribution in [0.5, 0.6) is 11.5 Å². The van der Waals surface area contributed by atoms with Crippen molar-refractivity contribution in [2.24, 2.45) is 0 Å². The SMILES string of the molecule is COc1ccccc1C(C)(C)c1ccccc1OC. The van der Waals surface area contributed by atoms with Crippen LogP contribution in [0.4, 0.5) is 0 Å². The molecule has 100 valence electrons. The predicted molar refractivity (Wildman–Crippen MR) is 78.1 cm³/mol. The van der Waals surface area contributed by atoms with E-state index in [0.29, 0.717) is 0 Å². The van der Waals surface area contributed by atoms with Gasteiger partial charge in [-0.2, -0.15) is 0 Å². The summed E-state index contributed by atoms with van der Waals surface area (Å²) in [7, 11) is 3.41. The third-order valence-corrected chi connectivity index (χ3v) is 3.56. The molecule has 0 heterocycles. The molecule has 2 aromatic carbocycles. The maximum absolute atomic E-state index is 5.49. The van der Waals surface area contributed by atoms with E-state index in [-0.39, 0.29) is 5.41 Å². The third-order valence-electron chi connectivity index (χ3n) is 3.56. The van der Waals surface area contributed by atoms with Crippen LogP contribution in [0.1, 0.15) is 25.0 Å². The Hall–Kier alpha value is -1.96. The number of para-hydroxylation sites is 2. The van der Waals surface area contributed by atoms with Crippen LogP contribution >= 0.6 is 0 Å². The van der Waals surface area contributed by atoms with Gasteiger partial charge in [-0.25, -0.2) is 0 Å². The lowest BCUT2D eigenvalue weighted by Gasteiger charge is -2.29. The largest absolute Gasteiger partial charge is 0.496 e. The van der Waals surface area contributed by atoms with Crippen LogP contribution in [0.15, 0.2) is 48.5 Å². The van der Waals surface area contributed by atoms with E-state index in [0.717, 1.165) is 22.6 Å². The molecule has 0 atom stereocenters. The number of hydrogen-bond donors (Lipinski definition) is 0. The second-order valence-electron chi connectivity index (χ2n) is 5.03. The molecule has 0 N–H and O–H groups in total. The van der Waals surface area contributed by atoms with Crippen LogP contribution in [0.3, 0.4) is 0 Å². The Labute approximate surface area is 115 Å². The van der Waals surface area contributed by atoms with Gasteiger partial charge in [-0.1, -0.05) is 50.2 Å². The number of hydrogen-bond acceptors (Lipinski definition) is 2. The molecule has 0 unspecified atom stereocenters. The minimum Gasteiger partial charge on any atom is -0.496 e. The van der Waals surface area contributed by atoms with E-state index in [2.05, 4.69) is 26.0 Å². The van der Waals surface area contributed by atoms with Gasteiger partial charge in [-0.3, -0.25) is 0 Å². The van der Waals surface area contributed by atoms with E-state index in [1.807, 2.05) is 36.4 Å². The van der Waals surface area contributed by atoms with Gasteiger partial charge in [0, 0.05) is 16.5 Å². The van der Waals surface area contributed by atoms with Gasteiger partial charge in [0.2, 0.25) is 0 Å². The minimum atomic E-state index is -0.181. The number of methoxy groups -OCH3 is 2. The maximum Gasteiger partial charge on any atom is 0.122 e. The fraction of sp³-hybridized carbons (Fsp3) is 0.294. The Bertz CT molecular complexity index is 509. The van der Waals surface area contributed by atoms with Crippen LogP contribution in [-0.2, 0) is 5.41 Å². The third kappa shape index (κ3) is 2.43. The van der Waals surface area contributed by atoms with E-state index in [1.54, 1.807) is 14.2 Å². The molecule has 0 amide bonds. The Morgan fingerprint density at radius 2 is 1.05 bits per heavy atom. The zero-order valence-electron chi connectivity index (χ0n) is 11.9. The van der Waals surface area contributed by atoms with Crippen molar-refractivity contribution in [3.63, 3.8) is 0 Å². The zero-order valence-corrected chi connectivity index (χ0v) is 11.9. The summed E-state index contributed by atoms with van der Waals surface area (Å²) in [6, 6.07) is 16.2. The van der Waals surface area contributed by atoms with Crippen LogP contribution < -0.4 is 9.47 Å². The fourth-order valence-corrected chi connectivity index (χ4v) is 2.47. The lowest BCUT2D eigenvalue weighted by atomic mass is 9.77. The van der Waals surface area contributed by atoms with Crippen molar-refractivity contribution in [1.82, 2.24) is 0 Å². The highest BCUT2D eigenvalue weighted by molar-refractivity contribution is 5.50. The summed E-state index contributed by atoms with van der Waals surface area (Å²) in [5.74, 6) is 1.80. The van der Waals surface area contributed by atoms with Crippen molar-refractivity contribution < 1.29 is 9.47 Å². The summed E-state index contributed by atoms with van der Waals surface area (Å²) < 4.78 is 11.0. The van der Waals surface area contributed by atoms with E-state index >= 15 is 0 Å². The van der Waals surface area contributed by atoms with Crippen LogP contribution in [0.25, 0.3) is 0 Å². The lowest BCUT2D eigenvalue weighted by Crippen LogP contribution is -2.20. The molecule has 19 heavy (non-hydrogen) atoms. The van der Waals surface area contributed by atoms with E-state index in [4.69, 9.17) is 9.47 Å². The molecule has 0 fully saturated rings. The molecule has 0 bridgehead atoms. The Balaban J connectivity index is 2.58. The molecule has 0 aliphatic heterocycles. The minimum absolute atomic E-state index is 0.181. The van der Waals surface area contributed by atoms with Gasteiger partial charge in [0.05, 0.1) is 14.2 Å². The molecule has 2 aromatic rings. The first-order chi connectivity index (χ1) is 9.11. The second kappa shape index (κ2) is 5.35. The smallest absolute Gasteiger partial charge is 0.122 e. The molecule has 2 heteroatoms.